The quantitative estimate of drug-likeness (QED) is 0.379. The zero-order chi connectivity index (χ0) is 26.6. The van der Waals surface area contributed by atoms with E-state index in [1.54, 1.807) is 33.1 Å². The van der Waals surface area contributed by atoms with Gasteiger partial charge in [0.2, 0.25) is 5.43 Å². The van der Waals surface area contributed by atoms with Crippen molar-refractivity contribution in [2.45, 2.75) is 10.9 Å². The second-order valence-corrected chi connectivity index (χ2v) is 10.6. The molecule has 1 aliphatic rings. The number of hydrogen-bond donors (Lipinski definition) is 1. The van der Waals surface area contributed by atoms with Crippen LogP contribution in [0.3, 0.4) is 0 Å². The Morgan fingerprint density at radius 1 is 0.868 bits per heavy atom. The summed E-state index contributed by atoms with van der Waals surface area (Å²) >= 11 is 0. The van der Waals surface area contributed by atoms with Crippen LogP contribution in [0, 0.1) is 0 Å². The predicted molar refractivity (Wildman–Crippen MR) is 147 cm³/mol. The monoisotopic (exact) mass is 528 g/mol. The van der Waals surface area contributed by atoms with Gasteiger partial charge in [0.05, 0.1) is 10.9 Å². The maximum atomic E-state index is 13.6. The van der Waals surface area contributed by atoms with E-state index in [-0.39, 0.29) is 24.9 Å². The summed E-state index contributed by atoms with van der Waals surface area (Å²) in [6.07, 6.45) is 1.53. The van der Waals surface area contributed by atoms with Gasteiger partial charge >= 0.3 is 0 Å². The molecule has 0 saturated carbocycles. The molecule has 0 bridgehead atoms. The van der Waals surface area contributed by atoms with E-state index >= 15 is 0 Å². The number of hydrogen-bond acceptors (Lipinski definition) is 5. The lowest BCUT2D eigenvalue weighted by atomic mass is 9.98. The number of fused-ring (bicyclic) bond motifs is 1. The summed E-state index contributed by atoms with van der Waals surface area (Å²) in [6.45, 7) is 0.748. The first kappa shape index (κ1) is 25.4. The molecule has 0 aliphatic carbocycles. The number of carbonyl (C=O) groups is 1. The van der Waals surface area contributed by atoms with Gasteiger partial charge in [-0.15, -0.1) is 0 Å². The number of benzene rings is 3. The van der Waals surface area contributed by atoms with Gasteiger partial charge in [-0.25, -0.2) is 8.51 Å². The number of pyridine rings is 1. The third kappa shape index (κ3) is 4.98. The molecule has 194 valence electrons. The minimum Gasteiger partial charge on any atom is -0.502 e. The summed E-state index contributed by atoms with van der Waals surface area (Å²) in [6, 6.07) is 29.8. The zero-order valence-electron chi connectivity index (χ0n) is 20.9. The molecule has 0 fully saturated rings. The van der Waals surface area contributed by atoms with Gasteiger partial charge in [0.1, 0.15) is 17.7 Å². The Labute approximate surface area is 223 Å². The molecule has 5 rings (SSSR count). The fourth-order valence-electron chi connectivity index (χ4n) is 4.63. The Hall–Kier alpha value is -4.21. The number of rotatable bonds is 8. The Kier molecular flexibility index (Phi) is 7.39. The number of likely N-dealkylation sites (N-methyl/N-ethyl adjacent to an activating group) is 1. The molecule has 2 heterocycles. The molecule has 0 radical (unpaired) electrons. The predicted octanol–water partition coefficient (Wildman–Crippen LogP) is 3.35. The Morgan fingerprint density at radius 3 is 2.00 bits per heavy atom. The van der Waals surface area contributed by atoms with Crippen LogP contribution in [0.15, 0.2) is 113 Å². The van der Waals surface area contributed by atoms with Crippen LogP contribution in [-0.4, -0.2) is 55.9 Å². The summed E-state index contributed by atoms with van der Waals surface area (Å²) in [5.41, 5.74) is 1.26. The fraction of sp³-hybridized carbons (Fsp3) is 0.172. The number of aromatic hydroxyl groups is 1. The highest BCUT2D eigenvalue weighted by atomic mass is 32.2. The minimum absolute atomic E-state index is 0.0903. The van der Waals surface area contributed by atoms with Crippen molar-refractivity contribution in [3.63, 3.8) is 0 Å². The van der Waals surface area contributed by atoms with Gasteiger partial charge in [-0.05, 0) is 23.3 Å². The average molecular weight is 529 g/mol. The summed E-state index contributed by atoms with van der Waals surface area (Å²) in [4.78, 5) is 28.2. The van der Waals surface area contributed by atoms with Crippen LogP contribution in [-0.2, 0) is 11.0 Å². The molecular formula is C29H28N4O4S. The van der Waals surface area contributed by atoms with Crippen molar-refractivity contribution in [2.75, 3.05) is 31.8 Å². The highest BCUT2D eigenvalue weighted by Crippen LogP contribution is 2.32. The Morgan fingerprint density at radius 2 is 1.42 bits per heavy atom. The van der Waals surface area contributed by atoms with E-state index < -0.39 is 28.1 Å². The molecule has 1 N–H and O–H groups in total. The molecule has 8 nitrogen and oxygen atoms in total. The lowest BCUT2D eigenvalue weighted by Gasteiger charge is -2.44. The topological polar surface area (TPSA) is 86.1 Å². The SMILES string of the molecule is CN(CCN1CN(C(c2ccccc2)c2ccccc2)n2ccc(=O)c(O)c2C1=O)S(=O)c1ccccc1. The smallest absolute Gasteiger partial charge is 0.277 e. The van der Waals surface area contributed by atoms with Gasteiger partial charge in [-0.2, -0.15) is 0 Å². The molecule has 1 atom stereocenters. The number of aromatic nitrogens is 1. The molecule has 9 heteroatoms. The van der Waals surface area contributed by atoms with Gasteiger partial charge in [0.15, 0.2) is 11.4 Å². The molecule has 4 aromatic rings. The van der Waals surface area contributed by atoms with Crippen LogP contribution in [0.4, 0.5) is 0 Å². The van der Waals surface area contributed by atoms with Crippen molar-refractivity contribution in [1.29, 1.82) is 0 Å². The van der Waals surface area contributed by atoms with Crippen molar-refractivity contribution in [3.8, 4) is 5.75 Å². The first-order chi connectivity index (χ1) is 18.5. The van der Waals surface area contributed by atoms with Crippen LogP contribution in [0.2, 0.25) is 0 Å². The van der Waals surface area contributed by atoms with Gasteiger partial charge in [0.25, 0.3) is 5.91 Å². The minimum atomic E-state index is -1.40. The fourth-order valence-corrected chi connectivity index (χ4v) is 5.63. The molecule has 1 amide bonds. The van der Waals surface area contributed by atoms with E-state index in [4.69, 9.17) is 0 Å². The lowest BCUT2D eigenvalue weighted by Crippen LogP contribution is -2.56. The second-order valence-electron chi connectivity index (χ2n) is 9.01. The summed E-state index contributed by atoms with van der Waals surface area (Å²) in [5.74, 6) is -1.05. The van der Waals surface area contributed by atoms with E-state index in [9.17, 15) is 18.9 Å². The van der Waals surface area contributed by atoms with Crippen molar-refractivity contribution in [2.24, 2.45) is 0 Å². The largest absolute Gasteiger partial charge is 0.502 e. The van der Waals surface area contributed by atoms with Crippen LogP contribution >= 0.6 is 0 Å². The lowest BCUT2D eigenvalue weighted by molar-refractivity contribution is 0.0674. The number of carbonyl (C=O) groups excluding carboxylic acids is 1. The van der Waals surface area contributed by atoms with E-state index in [0.717, 1.165) is 11.1 Å². The van der Waals surface area contributed by atoms with E-state index in [1.165, 1.54) is 12.3 Å². The molecule has 1 aliphatic heterocycles. The van der Waals surface area contributed by atoms with Gasteiger partial charge in [-0.3, -0.25) is 19.3 Å². The average Bonchev–Trinajstić information content (AvgIpc) is 2.96. The van der Waals surface area contributed by atoms with E-state index in [2.05, 4.69) is 0 Å². The molecule has 0 spiro atoms. The first-order valence-electron chi connectivity index (χ1n) is 12.2. The van der Waals surface area contributed by atoms with Crippen LogP contribution < -0.4 is 10.4 Å². The third-order valence-corrected chi connectivity index (χ3v) is 8.00. The van der Waals surface area contributed by atoms with Gasteiger partial charge < -0.3 is 10.0 Å². The van der Waals surface area contributed by atoms with Crippen molar-refractivity contribution >= 4 is 16.9 Å². The maximum Gasteiger partial charge on any atom is 0.277 e. The first-order valence-corrected chi connectivity index (χ1v) is 13.3. The molecule has 38 heavy (non-hydrogen) atoms. The highest BCUT2D eigenvalue weighted by Gasteiger charge is 2.36. The van der Waals surface area contributed by atoms with Gasteiger partial charge in [0, 0.05) is 32.4 Å². The van der Waals surface area contributed by atoms with Crippen molar-refractivity contribution in [3.05, 3.63) is 130 Å². The van der Waals surface area contributed by atoms with Crippen molar-refractivity contribution < 1.29 is 14.1 Å². The molecule has 0 saturated heterocycles. The normalized spacial score (nSPS) is 14.1. The van der Waals surface area contributed by atoms with Crippen LogP contribution in [0.5, 0.6) is 5.75 Å². The van der Waals surface area contributed by atoms with Crippen molar-refractivity contribution in [1.82, 2.24) is 13.9 Å². The molecular weight excluding hydrogens is 500 g/mol. The Balaban J connectivity index is 1.52. The maximum absolute atomic E-state index is 13.6. The summed E-state index contributed by atoms with van der Waals surface area (Å²) in [5, 5.41) is 12.7. The van der Waals surface area contributed by atoms with Gasteiger partial charge in [-0.1, -0.05) is 78.9 Å². The number of amides is 1. The number of nitrogens with zero attached hydrogens (tertiary/aromatic N) is 4. The second kappa shape index (κ2) is 11.0. The third-order valence-electron chi connectivity index (χ3n) is 6.58. The highest BCUT2D eigenvalue weighted by molar-refractivity contribution is 7.82. The summed E-state index contributed by atoms with van der Waals surface area (Å²) in [7, 11) is 0.341. The zero-order valence-corrected chi connectivity index (χ0v) is 21.7. The summed E-state index contributed by atoms with van der Waals surface area (Å²) < 4.78 is 16.2. The van der Waals surface area contributed by atoms with E-state index in [1.807, 2.05) is 83.9 Å². The Bertz CT molecular complexity index is 1460. The standard InChI is InChI=1S/C29H28N4O4S/c1-30(38(37)24-15-9-4-10-16-24)19-20-31-21-33(32-18-17-25(34)28(35)27(32)29(31)36)26(22-11-5-2-6-12-22)23-13-7-3-8-14-23/h2-18,26,35H,19-21H2,1H3. The van der Waals surface area contributed by atoms with Crippen LogP contribution in [0.1, 0.15) is 27.7 Å². The van der Waals surface area contributed by atoms with E-state index in [0.29, 0.717) is 11.4 Å². The van der Waals surface area contributed by atoms with Crippen LogP contribution in [0.25, 0.3) is 0 Å². The molecule has 3 aromatic carbocycles. The molecule has 1 aromatic heterocycles. The molecule has 1 unspecified atom stereocenters.